The zero-order chi connectivity index (χ0) is 37.7. The molecule has 5 rings (SSSR count). The van der Waals surface area contributed by atoms with Crippen molar-refractivity contribution in [3.05, 3.63) is 142 Å². The van der Waals surface area contributed by atoms with E-state index >= 15 is 0 Å². The Bertz CT molecular complexity index is 1830. The molecule has 0 spiro atoms. The van der Waals surface area contributed by atoms with Crippen LogP contribution in [0.15, 0.2) is 141 Å². The lowest BCUT2D eigenvalue weighted by atomic mass is 9.79. The third kappa shape index (κ3) is 11.0. The fourth-order valence-corrected chi connectivity index (χ4v) is 9.28. The maximum atomic E-state index is 11.4. The summed E-state index contributed by atoms with van der Waals surface area (Å²) < 4.78 is 25.9. The van der Waals surface area contributed by atoms with Crippen LogP contribution in [0.3, 0.4) is 0 Å². The molecule has 2 aliphatic rings. The van der Waals surface area contributed by atoms with Gasteiger partial charge in [-0.05, 0) is 110 Å². The molecule has 1 aliphatic heterocycles. The van der Waals surface area contributed by atoms with Gasteiger partial charge in [0.15, 0.2) is 11.1 Å². The third-order valence-electron chi connectivity index (χ3n) is 10.2. The Balaban J connectivity index is 1.53. The Morgan fingerprint density at radius 3 is 2.40 bits per heavy atom. The fraction of sp³-hybridized carbons (Fsp3) is 0.400. The lowest BCUT2D eigenvalue weighted by Crippen LogP contribution is -2.28. The van der Waals surface area contributed by atoms with Gasteiger partial charge in [-0.1, -0.05) is 118 Å². The van der Waals surface area contributed by atoms with Crippen molar-refractivity contribution in [2.24, 2.45) is 4.99 Å². The first kappa shape index (κ1) is 41.0. The number of benzene rings is 3. The highest BCUT2D eigenvalue weighted by atomic mass is 32.2. The van der Waals surface area contributed by atoms with Crippen molar-refractivity contribution in [2.75, 3.05) is 36.6 Å². The molecule has 0 amide bonds. The van der Waals surface area contributed by atoms with E-state index in [9.17, 15) is 8.76 Å². The van der Waals surface area contributed by atoms with Crippen LogP contribution in [0.5, 0.6) is 0 Å². The van der Waals surface area contributed by atoms with Gasteiger partial charge in [0.1, 0.15) is 0 Å². The van der Waals surface area contributed by atoms with E-state index < -0.39 is 11.1 Å². The Morgan fingerprint density at radius 1 is 0.943 bits per heavy atom. The van der Waals surface area contributed by atoms with Crippen molar-refractivity contribution < 1.29 is 12.9 Å². The molecule has 0 aromatic heterocycles. The summed E-state index contributed by atoms with van der Waals surface area (Å²) in [7, 11) is 1.73. The number of hydrogen-bond acceptors (Lipinski definition) is 6. The van der Waals surface area contributed by atoms with Crippen molar-refractivity contribution in [3.63, 3.8) is 0 Å². The van der Waals surface area contributed by atoms with Gasteiger partial charge in [-0.25, -0.2) is 4.21 Å². The first-order chi connectivity index (χ1) is 25.6. The van der Waals surface area contributed by atoms with Gasteiger partial charge in [0.05, 0.1) is 7.11 Å². The predicted molar refractivity (Wildman–Crippen MR) is 231 cm³/mol. The van der Waals surface area contributed by atoms with E-state index in [1.54, 1.807) is 7.11 Å². The molecule has 0 bridgehead atoms. The molecule has 1 unspecified atom stereocenters. The molecule has 0 saturated heterocycles. The number of anilines is 1. The summed E-state index contributed by atoms with van der Waals surface area (Å²) >= 11 is 1.62. The highest BCUT2D eigenvalue weighted by molar-refractivity contribution is 8.03. The molecule has 0 saturated carbocycles. The number of aliphatic imine (C=N–C) groups is 1. The van der Waals surface area contributed by atoms with Gasteiger partial charge in [-0.2, -0.15) is 0 Å². The molecular weight excluding hydrogens is 713 g/mol. The molecule has 8 heteroatoms. The molecule has 53 heavy (non-hydrogen) atoms. The van der Waals surface area contributed by atoms with Crippen molar-refractivity contribution >= 4 is 46.3 Å². The topological polar surface area (TPSA) is 62.1 Å². The summed E-state index contributed by atoms with van der Waals surface area (Å²) in [4.78, 5) is 10.2. The Hall–Kier alpha value is -3.14. The van der Waals surface area contributed by atoms with Gasteiger partial charge >= 0.3 is 0 Å². The van der Waals surface area contributed by atoms with Crippen molar-refractivity contribution in [2.45, 2.75) is 88.4 Å². The second-order valence-electron chi connectivity index (χ2n) is 14.7. The van der Waals surface area contributed by atoms with Crippen LogP contribution in [-0.4, -0.2) is 46.2 Å². The van der Waals surface area contributed by atoms with Crippen LogP contribution >= 0.6 is 23.8 Å². The highest BCUT2D eigenvalue weighted by Crippen LogP contribution is 2.48. The Labute approximate surface area is 329 Å². The van der Waals surface area contributed by atoms with E-state index in [-0.39, 0.29) is 10.8 Å². The average Bonchev–Trinajstić information content (AvgIpc) is 3.37. The third-order valence-corrected chi connectivity index (χ3v) is 12.8. The molecule has 1 aliphatic carbocycles. The minimum absolute atomic E-state index is 0.169. The van der Waals surface area contributed by atoms with Crippen LogP contribution < -0.4 is 4.90 Å². The van der Waals surface area contributed by atoms with Gasteiger partial charge in [0.2, 0.25) is 0 Å². The molecule has 3 aromatic rings. The van der Waals surface area contributed by atoms with Gasteiger partial charge in [0.25, 0.3) is 0 Å². The van der Waals surface area contributed by atoms with E-state index in [1.165, 1.54) is 55.5 Å². The molecule has 1 N–H and O–H groups in total. The smallest absolute Gasteiger partial charge is 0.152 e. The van der Waals surface area contributed by atoms with Crippen LogP contribution in [0, 0.1) is 0 Å². The van der Waals surface area contributed by atoms with E-state index in [4.69, 9.17) is 9.18 Å². The SMILES string of the molecule is COSCCCCN=C(/C=C/C1=C(Sc2ccccc2)C(=C/C=C2/N(CCCCS(=O)O)c3ccccc3C2(C)C)/CCC1)C(C)(C)c1ccccc1. The monoisotopic (exact) mass is 768 g/mol. The number of rotatable bonds is 18. The first-order valence-electron chi connectivity index (χ1n) is 18.9. The Morgan fingerprint density at radius 2 is 1.66 bits per heavy atom. The second kappa shape index (κ2) is 20.0. The standard InChI is InChI=1S/C45H56N2O3S3/c1-44(2,37-21-8-6-9-22-37)41(46-31-14-16-33-51-50-5)29-27-35-19-18-20-36(43(35)52-38-23-10-7-11-24-38)28-30-42-45(3,4)39-25-12-13-26-40(39)47(42)32-15-17-34-53(48)49/h6-13,21-30H,14-20,31-34H2,1-5H3,(H,48,49)/b29-27+,36-28+,42-30+,46-41?. The number of thioether (sulfide) groups is 1. The zero-order valence-electron chi connectivity index (χ0n) is 32.1. The van der Waals surface area contributed by atoms with E-state index in [1.807, 2.05) is 11.8 Å². The van der Waals surface area contributed by atoms with Crippen LogP contribution in [0.25, 0.3) is 0 Å². The van der Waals surface area contributed by atoms with Crippen LogP contribution in [0.4, 0.5) is 5.69 Å². The predicted octanol–water partition coefficient (Wildman–Crippen LogP) is 11.9. The maximum absolute atomic E-state index is 11.4. The molecule has 0 radical (unpaired) electrons. The second-order valence-corrected chi connectivity index (χ2v) is 17.8. The summed E-state index contributed by atoms with van der Waals surface area (Å²) in [5, 5.41) is 0. The number of hydrogen-bond donors (Lipinski definition) is 1. The highest BCUT2D eigenvalue weighted by Gasteiger charge is 2.39. The summed E-state index contributed by atoms with van der Waals surface area (Å²) in [5.41, 5.74) is 8.48. The Kier molecular flexibility index (Phi) is 15.5. The van der Waals surface area contributed by atoms with Crippen LogP contribution in [0.1, 0.15) is 83.8 Å². The lowest BCUT2D eigenvalue weighted by Gasteiger charge is -2.28. The van der Waals surface area contributed by atoms with Crippen LogP contribution in [-0.2, 0) is 26.1 Å². The van der Waals surface area contributed by atoms with Crippen molar-refractivity contribution in [1.29, 1.82) is 0 Å². The number of allylic oxidation sites excluding steroid dienone is 7. The van der Waals surface area contributed by atoms with Gasteiger partial charge in [-0.15, -0.1) is 0 Å². The molecule has 1 heterocycles. The zero-order valence-corrected chi connectivity index (χ0v) is 34.5. The molecular formula is C45H56N2O3S3. The minimum Gasteiger partial charge on any atom is -0.344 e. The quantitative estimate of drug-likeness (QED) is 0.0602. The number of unbranched alkanes of at least 4 members (excludes halogenated alkanes) is 2. The molecule has 5 nitrogen and oxygen atoms in total. The van der Waals surface area contributed by atoms with Gasteiger partial charge < -0.3 is 13.6 Å². The minimum atomic E-state index is -1.76. The number of fused-ring (bicyclic) bond motifs is 1. The van der Waals surface area contributed by atoms with Gasteiger partial charge in [-0.3, -0.25) is 4.99 Å². The molecule has 282 valence electrons. The molecule has 3 aromatic carbocycles. The maximum Gasteiger partial charge on any atom is 0.152 e. The number of para-hydroxylation sites is 1. The largest absolute Gasteiger partial charge is 0.344 e. The normalized spacial score (nSPS) is 18.4. The first-order valence-corrected chi connectivity index (χ1v) is 21.9. The van der Waals surface area contributed by atoms with Crippen molar-refractivity contribution in [1.82, 2.24) is 0 Å². The molecule has 1 atom stereocenters. The van der Waals surface area contributed by atoms with E-state index in [2.05, 4.69) is 142 Å². The van der Waals surface area contributed by atoms with E-state index in [0.29, 0.717) is 12.2 Å². The summed E-state index contributed by atoms with van der Waals surface area (Å²) in [6.45, 7) is 10.8. The summed E-state index contributed by atoms with van der Waals surface area (Å²) in [6.07, 6.45) is 16.1. The number of nitrogens with zero attached hydrogens (tertiary/aromatic N) is 2. The molecule has 0 fully saturated rings. The fourth-order valence-electron chi connectivity index (χ4n) is 7.21. The van der Waals surface area contributed by atoms with Gasteiger partial charge in [0, 0.05) is 62.3 Å². The van der Waals surface area contributed by atoms with Crippen LogP contribution in [0.2, 0.25) is 0 Å². The van der Waals surface area contributed by atoms with E-state index in [0.717, 1.165) is 63.1 Å². The average molecular weight is 769 g/mol. The van der Waals surface area contributed by atoms with Crippen molar-refractivity contribution in [3.8, 4) is 0 Å². The lowest BCUT2D eigenvalue weighted by molar-refractivity contribution is 0.488. The summed E-state index contributed by atoms with van der Waals surface area (Å²) in [5.74, 6) is 1.29. The summed E-state index contributed by atoms with van der Waals surface area (Å²) in [6, 6.07) is 30.2.